The number of ketones is 1. The zero-order chi connectivity index (χ0) is 21.1. The molecule has 0 fully saturated rings. The van der Waals surface area contributed by atoms with Crippen LogP contribution in [0.25, 0.3) is 0 Å². The lowest BCUT2D eigenvalue weighted by atomic mass is 9.90. The first-order chi connectivity index (χ1) is 13.3. The summed E-state index contributed by atoms with van der Waals surface area (Å²) in [6.45, 7) is 1.60. The van der Waals surface area contributed by atoms with E-state index in [0.29, 0.717) is 0 Å². The minimum absolute atomic E-state index is 0.162. The molecule has 9 nitrogen and oxygen atoms in total. The summed E-state index contributed by atoms with van der Waals surface area (Å²) in [4.78, 5) is 57.9. The van der Waals surface area contributed by atoms with Crippen molar-refractivity contribution in [1.29, 1.82) is 0 Å². The van der Waals surface area contributed by atoms with Gasteiger partial charge in [-0.15, -0.1) is 0 Å². The van der Waals surface area contributed by atoms with Crippen LogP contribution in [0.3, 0.4) is 0 Å². The number of nitrogens with one attached hydrogen (secondary N) is 2. The Bertz CT molecular complexity index is 705. The number of benzene rings is 1. The van der Waals surface area contributed by atoms with Crippen molar-refractivity contribution in [2.75, 3.05) is 0 Å². The van der Waals surface area contributed by atoms with Crippen molar-refractivity contribution in [3.05, 3.63) is 35.9 Å². The second kappa shape index (κ2) is 11.5. The van der Waals surface area contributed by atoms with Crippen LogP contribution in [-0.4, -0.2) is 52.3 Å². The van der Waals surface area contributed by atoms with Gasteiger partial charge in [-0.25, -0.2) is 4.79 Å². The van der Waals surface area contributed by atoms with Crippen LogP contribution in [0.1, 0.15) is 31.7 Å². The van der Waals surface area contributed by atoms with Crippen LogP contribution < -0.4 is 10.6 Å². The van der Waals surface area contributed by atoms with Gasteiger partial charge in [-0.2, -0.15) is 0 Å². The van der Waals surface area contributed by atoms with E-state index >= 15 is 0 Å². The average Bonchev–Trinajstić information content (AvgIpc) is 2.65. The molecule has 2 amide bonds. The number of hydrogen-bond donors (Lipinski definition) is 4. The normalized spacial score (nSPS) is 13.6. The third-order valence-electron chi connectivity index (χ3n) is 4.20. The molecular weight excluding hydrogens is 368 g/mol. The molecule has 28 heavy (non-hydrogen) atoms. The molecule has 0 heterocycles. The molecule has 0 spiro atoms. The highest BCUT2D eigenvalue weighted by Gasteiger charge is 2.30. The maximum Gasteiger partial charge on any atom is 0.326 e. The van der Waals surface area contributed by atoms with E-state index in [9.17, 15) is 24.0 Å². The van der Waals surface area contributed by atoms with Gasteiger partial charge < -0.3 is 20.8 Å². The first-order valence-corrected chi connectivity index (χ1v) is 8.79. The third-order valence-corrected chi connectivity index (χ3v) is 4.20. The lowest BCUT2D eigenvalue weighted by Gasteiger charge is -2.21. The highest BCUT2D eigenvalue weighted by molar-refractivity contribution is 5.93. The highest BCUT2D eigenvalue weighted by atomic mass is 16.4. The fourth-order valence-electron chi connectivity index (χ4n) is 2.69. The molecule has 3 atom stereocenters. The van der Waals surface area contributed by atoms with Crippen LogP contribution in [0, 0.1) is 5.92 Å². The summed E-state index contributed by atoms with van der Waals surface area (Å²) in [5.74, 6) is -4.60. The lowest BCUT2D eigenvalue weighted by molar-refractivity contribution is -0.143. The van der Waals surface area contributed by atoms with Gasteiger partial charge in [0.05, 0.1) is 12.5 Å². The zero-order valence-electron chi connectivity index (χ0n) is 15.5. The van der Waals surface area contributed by atoms with E-state index in [2.05, 4.69) is 10.6 Å². The fourth-order valence-corrected chi connectivity index (χ4v) is 2.69. The van der Waals surface area contributed by atoms with Gasteiger partial charge in [0.1, 0.15) is 6.04 Å². The summed E-state index contributed by atoms with van der Waals surface area (Å²) in [6, 6.07) is 6.48. The molecular formula is C19H24N2O7. The first-order valence-electron chi connectivity index (χ1n) is 8.79. The molecule has 1 rings (SSSR count). The van der Waals surface area contributed by atoms with Crippen LogP contribution in [0.4, 0.5) is 0 Å². The van der Waals surface area contributed by atoms with E-state index < -0.39 is 48.1 Å². The van der Waals surface area contributed by atoms with Crippen molar-refractivity contribution in [2.45, 2.75) is 44.7 Å². The minimum Gasteiger partial charge on any atom is -0.481 e. The van der Waals surface area contributed by atoms with Gasteiger partial charge >= 0.3 is 11.9 Å². The summed E-state index contributed by atoms with van der Waals surface area (Å²) >= 11 is 0. The van der Waals surface area contributed by atoms with Crippen LogP contribution >= 0.6 is 0 Å². The molecule has 0 aromatic heterocycles. The molecule has 0 radical (unpaired) electrons. The van der Waals surface area contributed by atoms with Crippen LogP contribution in [0.15, 0.2) is 30.3 Å². The number of amides is 2. The monoisotopic (exact) mass is 392 g/mol. The van der Waals surface area contributed by atoms with Crippen molar-refractivity contribution < 1.29 is 34.2 Å². The number of carbonyl (C=O) groups excluding carboxylic acids is 3. The summed E-state index contributed by atoms with van der Waals surface area (Å²) in [6.07, 6.45) is -0.383. The Balaban J connectivity index is 2.99. The van der Waals surface area contributed by atoms with Gasteiger partial charge in [0.2, 0.25) is 12.3 Å². The molecule has 4 N–H and O–H groups in total. The molecule has 0 aliphatic heterocycles. The number of aliphatic carboxylic acids is 2. The maximum atomic E-state index is 12.6. The first kappa shape index (κ1) is 22.8. The summed E-state index contributed by atoms with van der Waals surface area (Å²) in [5, 5.41) is 22.6. The molecule has 0 unspecified atom stereocenters. The van der Waals surface area contributed by atoms with Crippen LogP contribution in [0.2, 0.25) is 0 Å². The Hall–Kier alpha value is -3.23. The quantitative estimate of drug-likeness (QED) is 0.354. The van der Waals surface area contributed by atoms with Crippen molar-refractivity contribution in [3.63, 3.8) is 0 Å². The maximum absolute atomic E-state index is 12.6. The second-order valence-corrected chi connectivity index (χ2v) is 6.30. The van der Waals surface area contributed by atoms with Crippen molar-refractivity contribution in [1.82, 2.24) is 10.6 Å². The minimum atomic E-state index is -1.27. The third kappa shape index (κ3) is 7.56. The van der Waals surface area contributed by atoms with Crippen LogP contribution in [0.5, 0.6) is 0 Å². The van der Waals surface area contributed by atoms with Crippen LogP contribution in [-0.2, 0) is 30.4 Å². The molecule has 0 aliphatic rings. The summed E-state index contributed by atoms with van der Waals surface area (Å²) < 4.78 is 0. The predicted molar refractivity (Wildman–Crippen MR) is 98.4 cm³/mol. The SMILES string of the molecule is CC[C@H](NC(=O)[C@@H](CC(=O)[C@H](CC(=O)O)NC=O)Cc1ccccc1)C(=O)O. The zero-order valence-corrected chi connectivity index (χ0v) is 15.5. The fraction of sp³-hybridized carbons (Fsp3) is 0.421. The molecule has 1 aromatic rings. The van der Waals surface area contributed by atoms with E-state index in [1.54, 1.807) is 37.3 Å². The molecule has 0 saturated heterocycles. The molecule has 9 heteroatoms. The van der Waals surface area contributed by atoms with Gasteiger partial charge in [-0.3, -0.25) is 19.2 Å². The van der Waals surface area contributed by atoms with Gasteiger partial charge in [0, 0.05) is 12.3 Å². The van der Waals surface area contributed by atoms with Gasteiger partial charge in [0.15, 0.2) is 5.78 Å². The standard InChI is InChI=1S/C19H24N2O7/c1-2-14(19(27)28)21-18(26)13(8-12-6-4-3-5-7-12)9-16(23)15(20-11-22)10-17(24)25/h3-7,11,13-15H,2,8-10H2,1H3,(H,20,22)(H,21,26)(H,24,25)(H,27,28)/t13-,14+,15+/m1/s1. The number of carboxylic acid groups (broad SMARTS) is 2. The van der Waals surface area contributed by atoms with E-state index in [1.807, 2.05) is 0 Å². The Labute approximate surface area is 162 Å². The summed E-state index contributed by atoms with van der Waals surface area (Å²) in [5.41, 5.74) is 0.761. The Kier molecular flexibility index (Phi) is 9.35. The topological polar surface area (TPSA) is 150 Å². The average molecular weight is 392 g/mol. The number of Topliss-reactive ketones (excluding diaryl/α,β-unsaturated/α-hetero) is 1. The Morgan fingerprint density at radius 2 is 1.68 bits per heavy atom. The molecule has 0 bridgehead atoms. The van der Waals surface area contributed by atoms with Crippen molar-refractivity contribution >= 4 is 30.0 Å². The molecule has 152 valence electrons. The number of rotatable bonds is 13. The number of carbonyl (C=O) groups is 5. The van der Waals surface area contributed by atoms with E-state index in [4.69, 9.17) is 10.2 Å². The molecule has 0 saturated carbocycles. The van der Waals surface area contributed by atoms with E-state index in [0.717, 1.165) is 5.56 Å². The van der Waals surface area contributed by atoms with E-state index in [1.165, 1.54) is 0 Å². The Morgan fingerprint density at radius 1 is 1.04 bits per heavy atom. The second-order valence-electron chi connectivity index (χ2n) is 6.30. The summed E-state index contributed by atoms with van der Waals surface area (Å²) in [7, 11) is 0. The largest absolute Gasteiger partial charge is 0.481 e. The highest BCUT2D eigenvalue weighted by Crippen LogP contribution is 2.16. The Morgan fingerprint density at radius 3 is 2.18 bits per heavy atom. The van der Waals surface area contributed by atoms with Gasteiger partial charge in [-0.1, -0.05) is 37.3 Å². The number of hydrogen-bond acceptors (Lipinski definition) is 5. The van der Waals surface area contributed by atoms with Crippen molar-refractivity contribution in [2.24, 2.45) is 5.92 Å². The molecule has 0 aliphatic carbocycles. The smallest absolute Gasteiger partial charge is 0.326 e. The number of carboxylic acids is 2. The molecule has 1 aromatic carbocycles. The predicted octanol–water partition coefficient (Wildman–Crippen LogP) is 0.373. The van der Waals surface area contributed by atoms with Gasteiger partial charge in [0.25, 0.3) is 0 Å². The van der Waals surface area contributed by atoms with Crippen molar-refractivity contribution in [3.8, 4) is 0 Å². The van der Waals surface area contributed by atoms with E-state index in [-0.39, 0.29) is 25.7 Å². The lowest BCUT2D eigenvalue weighted by Crippen LogP contribution is -2.45. The van der Waals surface area contributed by atoms with Gasteiger partial charge in [-0.05, 0) is 18.4 Å².